The Morgan fingerprint density at radius 2 is 1.68 bits per heavy atom. The lowest BCUT2D eigenvalue weighted by Crippen LogP contribution is -2.50. The summed E-state index contributed by atoms with van der Waals surface area (Å²) in [4.78, 5) is 12.8. The van der Waals surface area contributed by atoms with Gasteiger partial charge in [0.05, 0.1) is 31.0 Å². The first-order valence-corrected chi connectivity index (χ1v) is 12.6. The molecule has 0 spiro atoms. The third kappa shape index (κ3) is 12.6. The normalized spacial score (nSPS) is 26.0. The van der Waals surface area contributed by atoms with Crippen LogP contribution in [0.25, 0.3) is 0 Å². The molecule has 1 rings (SSSR count). The maximum atomic E-state index is 12.8. The van der Waals surface area contributed by atoms with Crippen LogP contribution in [0.4, 0.5) is 0 Å². The molecular formula is C26H51NO7. The number of carbonyl (C=O) groups excluding carboxylic acids is 1. The molecule has 1 aliphatic carbocycles. The number of ether oxygens (including phenoxy) is 1. The van der Waals surface area contributed by atoms with Crippen LogP contribution in [0.3, 0.4) is 0 Å². The molecular weight excluding hydrogens is 438 g/mol. The summed E-state index contributed by atoms with van der Waals surface area (Å²) in [6, 6.07) is -0.806. The van der Waals surface area contributed by atoms with Gasteiger partial charge in [0.15, 0.2) is 0 Å². The van der Waals surface area contributed by atoms with E-state index >= 15 is 0 Å². The highest BCUT2D eigenvalue weighted by Gasteiger charge is 2.34. The van der Waals surface area contributed by atoms with Gasteiger partial charge in [-0.05, 0) is 30.1 Å². The molecule has 0 aromatic rings. The Morgan fingerprint density at radius 1 is 1.09 bits per heavy atom. The summed E-state index contributed by atoms with van der Waals surface area (Å²) in [6.45, 7) is 16.1. The monoisotopic (exact) mass is 489 g/mol. The minimum absolute atomic E-state index is 0.0599. The highest BCUT2D eigenvalue weighted by Crippen LogP contribution is 2.35. The highest BCUT2D eigenvalue weighted by atomic mass is 16.5. The Hall–Kier alpha value is -1.03. The van der Waals surface area contributed by atoms with Crippen molar-refractivity contribution in [3.63, 3.8) is 0 Å². The molecule has 0 fully saturated rings. The number of amides is 1. The zero-order valence-corrected chi connectivity index (χ0v) is 22.5. The Balaban J connectivity index is 0.00000529. The van der Waals surface area contributed by atoms with Crippen molar-refractivity contribution < 1.29 is 35.1 Å². The molecule has 6 N–H and O–H groups in total. The fraction of sp³-hybridized carbons (Fsp3) is 0.885. The molecule has 0 aromatic heterocycles. The van der Waals surface area contributed by atoms with Gasteiger partial charge in [-0.3, -0.25) is 4.79 Å². The van der Waals surface area contributed by atoms with E-state index in [4.69, 9.17) is 4.74 Å². The van der Waals surface area contributed by atoms with Crippen molar-refractivity contribution in [1.29, 1.82) is 0 Å². The second-order valence-electron chi connectivity index (χ2n) is 11.1. The molecule has 8 heteroatoms. The maximum Gasteiger partial charge on any atom is 0.220 e. The van der Waals surface area contributed by atoms with Gasteiger partial charge >= 0.3 is 0 Å². The van der Waals surface area contributed by atoms with Crippen molar-refractivity contribution in [3.05, 3.63) is 12.2 Å². The summed E-state index contributed by atoms with van der Waals surface area (Å²) in [7, 11) is 0. The molecule has 0 radical (unpaired) electrons. The predicted octanol–water partition coefficient (Wildman–Crippen LogP) is 2.30. The molecule has 1 amide bonds. The second-order valence-corrected chi connectivity index (χ2v) is 11.1. The first kappa shape index (κ1) is 33.0. The molecule has 0 bridgehead atoms. The van der Waals surface area contributed by atoms with Crippen LogP contribution in [0.2, 0.25) is 0 Å². The maximum absolute atomic E-state index is 12.8. The molecule has 7 unspecified atom stereocenters. The molecule has 0 saturated heterocycles. The average Bonchev–Trinajstić information content (AvgIpc) is 2.83. The van der Waals surface area contributed by atoms with Gasteiger partial charge in [0.2, 0.25) is 5.91 Å². The van der Waals surface area contributed by atoms with Crippen LogP contribution in [0.1, 0.15) is 87.5 Å². The van der Waals surface area contributed by atoms with E-state index < -0.39 is 42.7 Å². The Kier molecular flexibility index (Phi) is 14.7. The number of nitrogens with one attached hydrogen (secondary N) is 1. The van der Waals surface area contributed by atoms with Crippen molar-refractivity contribution in [2.75, 3.05) is 6.61 Å². The first-order chi connectivity index (χ1) is 15.6. The lowest BCUT2D eigenvalue weighted by molar-refractivity contribution is -0.128. The molecule has 0 aromatic carbocycles. The zero-order valence-electron chi connectivity index (χ0n) is 22.5. The van der Waals surface area contributed by atoms with Gasteiger partial charge in [0.1, 0.15) is 18.3 Å². The minimum atomic E-state index is -1.37. The number of aliphatic hydroxyl groups is 5. The van der Waals surface area contributed by atoms with Crippen LogP contribution in [0, 0.1) is 10.8 Å². The number of hydrogen-bond donors (Lipinski definition) is 6. The standard InChI is InChI=1S/C24H45NO7.C2H6/c1-7-15(26)11-18(28)16(25-20(29)12-24(5,6)14-23(2,3)4)13-32-19-10-8-9-17(27)21(30)22(19)31;1-2/h8,10,15-19,21-22,26-28,30-31H,7,9,11-14H2,1-6H3,(H,25,29);1-2H3. The predicted molar refractivity (Wildman–Crippen MR) is 134 cm³/mol. The summed E-state index contributed by atoms with van der Waals surface area (Å²) in [5.74, 6) is -0.231. The molecule has 7 atom stereocenters. The average molecular weight is 490 g/mol. The smallest absolute Gasteiger partial charge is 0.220 e. The molecule has 0 aliphatic heterocycles. The first-order valence-electron chi connectivity index (χ1n) is 12.6. The van der Waals surface area contributed by atoms with E-state index in [1.165, 1.54) is 0 Å². The molecule has 0 saturated carbocycles. The lowest BCUT2D eigenvalue weighted by atomic mass is 9.74. The van der Waals surface area contributed by atoms with E-state index in [2.05, 4.69) is 26.1 Å². The third-order valence-corrected chi connectivity index (χ3v) is 5.70. The highest BCUT2D eigenvalue weighted by molar-refractivity contribution is 5.77. The number of aliphatic hydroxyl groups excluding tert-OH is 5. The Labute approximate surface area is 206 Å². The molecule has 0 heterocycles. The van der Waals surface area contributed by atoms with Crippen molar-refractivity contribution in [3.8, 4) is 0 Å². The van der Waals surface area contributed by atoms with Gasteiger partial charge in [0, 0.05) is 12.8 Å². The van der Waals surface area contributed by atoms with Crippen LogP contribution < -0.4 is 5.32 Å². The Bertz CT molecular complexity index is 602. The van der Waals surface area contributed by atoms with Gasteiger partial charge in [-0.15, -0.1) is 0 Å². The van der Waals surface area contributed by atoms with Crippen LogP contribution in [-0.2, 0) is 9.53 Å². The quantitative estimate of drug-likeness (QED) is 0.245. The van der Waals surface area contributed by atoms with Crippen LogP contribution in [0.5, 0.6) is 0 Å². The van der Waals surface area contributed by atoms with Crippen molar-refractivity contribution in [2.45, 2.75) is 130 Å². The van der Waals surface area contributed by atoms with Crippen LogP contribution in [0.15, 0.2) is 12.2 Å². The van der Waals surface area contributed by atoms with Gasteiger partial charge in [0.25, 0.3) is 0 Å². The van der Waals surface area contributed by atoms with E-state index in [-0.39, 0.29) is 42.6 Å². The van der Waals surface area contributed by atoms with Crippen LogP contribution >= 0.6 is 0 Å². The van der Waals surface area contributed by atoms with Gasteiger partial charge in [-0.25, -0.2) is 0 Å². The second kappa shape index (κ2) is 15.2. The topological polar surface area (TPSA) is 139 Å². The molecule has 34 heavy (non-hydrogen) atoms. The summed E-state index contributed by atoms with van der Waals surface area (Å²) in [5, 5.41) is 53.6. The lowest BCUT2D eigenvalue weighted by Gasteiger charge is -2.33. The number of hydrogen-bond acceptors (Lipinski definition) is 7. The summed E-state index contributed by atoms with van der Waals surface area (Å²) in [5.41, 5.74) is -0.188. The van der Waals surface area contributed by atoms with E-state index in [0.717, 1.165) is 6.42 Å². The van der Waals surface area contributed by atoms with Crippen molar-refractivity contribution >= 4 is 5.91 Å². The Morgan fingerprint density at radius 3 is 2.21 bits per heavy atom. The minimum Gasteiger partial charge on any atom is -0.393 e. The van der Waals surface area contributed by atoms with Crippen molar-refractivity contribution in [1.82, 2.24) is 5.32 Å². The SMILES string of the molecule is CC.CCC(O)CC(O)C(COC1C=CCC(O)C(O)C1O)NC(=O)CC(C)(C)CC(C)(C)C. The van der Waals surface area contributed by atoms with Crippen LogP contribution in [-0.4, -0.2) is 80.7 Å². The van der Waals surface area contributed by atoms with E-state index in [1.54, 1.807) is 19.1 Å². The number of carbonyl (C=O) groups is 1. The van der Waals surface area contributed by atoms with Gasteiger partial charge in [-0.2, -0.15) is 0 Å². The third-order valence-electron chi connectivity index (χ3n) is 5.70. The zero-order chi connectivity index (χ0) is 26.7. The van der Waals surface area contributed by atoms with E-state index in [0.29, 0.717) is 6.42 Å². The largest absolute Gasteiger partial charge is 0.393 e. The molecule has 202 valence electrons. The van der Waals surface area contributed by atoms with Gasteiger partial charge in [-0.1, -0.05) is 67.5 Å². The number of rotatable bonds is 11. The fourth-order valence-corrected chi connectivity index (χ4v) is 4.45. The summed E-state index contributed by atoms with van der Waals surface area (Å²) >= 11 is 0. The fourth-order valence-electron chi connectivity index (χ4n) is 4.45. The van der Waals surface area contributed by atoms with E-state index in [9.17, 15) is 30.3 Å². The molecule has 8 nitrogen and oxygen atoms in total. The summed E-state index contributed by atoms with van der Waals surface area (Å²) in [6.07, 6.45) is -1.48. The molecule has 1 aliphatic rings. The summed E-state index contributed by atoms with van der Waals surface area (Å²) < 4.78 is 5.74. The van der Waals surface area contributed by atoms with Gasteiger partial charge < -0.3 is 35.6 Å². The van der Waals surface area contributed by atoms with Crippen molar-refractivity contribution in [2.24, 2.45) is 10.8 Å². The van der Waals surface area contributed by atoms with E-state index in [1.807, 2.05) is 27.7 Å².